The summed E-state index contributed by atoms with van der Waals surface area (Å²) in [5.41, 5.74) is 1.77. The molecule has 9 heteroatoms. The van der Waals surface area contributed by atoms with Crippen LogP contribution >= 0.6 is 22.9 Å². The molecular formula is C28H31ClN2O5S. The number of hydrogen-bond donors (Lipinski definition) is 1. The predicted octanol–water partition coefficient (Wildman–Crippen LogP) is 6.52. The highest BCUT2D eigenvalue weighted by Gasteiger charge is 2.50. The molecule has 0 aliphatic carbocycles. The van der Waals surface area contributed by atoms with Crippen LogP contribution in [0.15, 0.2) is 42.5 Å². The molecule has 2 heterocycles. The van der Waals surface area contributed by atoms with E-state index in [1.807, 2.05) is 38.1 Å². The van der Waals surface area contributed by atoms with E-state index in [1.165, 1.54) is 18.4 Å². The van der Waals surface area contributed by atoms with E-state index in [-0.39, 0.29) is 11.8 Å². The van der Waals surface area contributed by atoms with E-state index >= 15 is 0 Å². The van der Waals surface area contributed by atoms with E-state index in [4.69, 9.17) is 25.8 Å². The van der Waals surface area contributed by atoms with Crippen LogP contribution in [-0.2, 0) is 10.2 Å². The standard InChI is InChI=1S/C28H31ClN2O5S/c1-16(32)31-19-14-20(35-6)24(30-26(33)21-12-13-22(29)37-21)25(36-7)23(19)28(4,15-27(31,2)3)17-8-10-18(34-5)11-9-17/h8-14H,15H2,1-7H3,(H,30,33). The largest absolute Gasteiger partial charge is 0.497 e. The van der Waals surface area contributed by atoms with Gasteiger partial charge < -0.3 is 24.4 Å². The highest BCUT2D eigenvalue weighted by atomic mass is 35.5. The van der Waals surface area contributed by atoms with E-state index in [0.717, 1.165) is 16.9 Å². The lowest BCUT2D eigenvalue weighted by molar-refractivity contribution is -0.117. The maximum Gasteiger partial charge on any atom is 0.265 e. The number of carbonyl (C=O) groups is 2. The van der Waals surface area contributed by atoms with Crippen LogP contribution < -0.4 is 24.4 Å². The number of nitrogens with zero attached hydrogens (tertiary/aromatic N) is 1. The molecule has 1 N–H and O–H groups in total. The first kappa shape index (κ1) is 26.8. The van der Waals surface area contributed by atoms with Gasteiger partial charge in [-0.2, -0.15) is 0 Å². The van der Waals surface area contributed by atoms with E-state index in [9.17, 15) is 9.59 Å². The van der Waals surface area contributed by atoms with Crippen molar-refractivity contribution in [2.24, 2.45) is 0 Å². The van der Waals surface area contributed by atoms with Gasteiger partial charge in [-0.25, -0.2) is 0 Å². The Hall–Kier alpha value is -3.23. The molecule has 2 amide bonds. The number of amides is 2. The molecular weight excluding hydrogens is 512 g/mol. The van der Waals surface area contributed by atoms with Crippen LogP contribution in [0, 0.1) is 0 Å². The number of hydrogen-bond acceptors (Lipinski definition) is 6. The van der Waals surface area contributed by atoms with Crippen LogP contribution in [0.1, 0.15) is 54.9 Å². The van der Waals surface area contributed by atoms with Crippen molar-refractivity contribution in [3.05, 3.63) is 62.8 Å². The molecule has 1 atom stereocenters. The zero-order valence-electron chi connectivity index (χ0n) is 22.0. The van der Waals surface area contributed by atoms with Crippen LogP contribution in [0.5, 0.6) is 17.2 Å². The Morgan fingerprint density at radius 3 is 2.19 bits per heavy atom. The summed E-state index contributed by atoms with van der Waals surface area (Å²) in [6.07, 6.45) is 0.607. The molecule has 0 saturated heterocycles. The zero-order valence-corrected chi connectivity index (χ0v) is 23.6. The van der Waals surface area contributed by atoms with Gasteiger partial charge in [-0.3, -0.25) is 9.59 Å². The van der Waals surface area contributed by atoms with Crippen molar-refractivity contribution in [2.75, 3.05) is 31.5 Å². The van der Waals surface area contributed by atoms with E-state index in [0.29, 0.717) is 38.5 Å². The number of nitrogens with one attached hydrogen (secondary N) is 1. The summed E-state index contributed by atoms with van der Waals surface area (Å²) in [5.74, 6) is 1.13. The van der Waals surface area contributed by atoms with Gasteiger partial charge in [0.1, 0.15) is 17.2 Å². The minimum Gasteiger partial charge on any atom is -0.497 e. The summed E-state index contributed by atoms with van der Waals surface area (Å²) in [6.45, 7) is 7.78. The molecule has 7 nitrogen and oxygen atoms in total. The molecule has 1 aliphatic heterocycles. The lowest BCUT2D eigenvalue weighted by atomic mass is 9.64. The number of rotatable bonds is 6. The lowest BCUT2D eigenvalue weighted by Gasteiger charge is -2.51. The summed E-state index contributed by atoms with van der Waals surface area (Å²) in [5, 5.41) is 2.97. The number of methoxy groups -OCH3 is 3. The van der Waals surface area contributed by atoms with Gasteiger partial charge in [0.05, 0.1) is 36.2 Å². The number of carbonyl (C=O) groups excluding carboxylic acids is 2. The first-order valence-corrected chi connectivity index (χ1v) is 13.0. The van der Waals surface area contributed by atoms with E-state index in [1.54, 1.807) is 44.2 Å². The topological polar surface area (TPSA) is 77.1 Å². The third-order valence-electron chi connectivity index (χ3n) is 6.91. The molecule has 0 radical (unpaired) electrons. The maximum absolute atomic E-state index is 13.2. The van der Waals surface area contributed by atoms with Crippen LogP contribution in [0.2, 0.25) is 4.34 Å². The first-order valence-electron chi connectivity index (χ1n) is 11.8. The van der Waals surface area contributed by atoms with Crippen LogP contribution in [0.25, 0.3) is 0 Å². The molecule has 37 heavy (non-hydrogen) atoms. The van der Waals surface area contributed by atoms with E-state index in [2.05, 4.69) is 12.2 Å². The Labute approximate surface area is 226 Å². The third kappa shape index (κ3) is 4.64. The predicted molar refractivity (Wildman–Crippen MR) is 148 cm³/mol. The average Bonchev–Trinajstić information content (AvgIpc) is 3.29. The van der Waals surface area contributed by atoms with Gasteiger partial charge in [-0.1, -0.05) is 30.7 Å². The van der Waals surface area contributed by atoms with Crippen molar-refractivity contribution in [3.63, 3.8) is 0 Å². The van der Waals surface area contributed by atoms with Gasteiger partial charge in [0.2, 0.25) is 5.91 Å². The highest BCUT2D eigenvalue weighted by molar-refractivity contribution is 7.18. The summed E-state index contributed by atoms with van der Waals surface area (Å²) in [6, 6.07) is 13.0. The molecule has 196 valence electrons. The maximum atomic E-state index is 13.2. The van der Waals surface area contributed by atoms with Crippen molar-refractivity contribution in [3.8, 4) is 17.2 Å². The summed E-state index contributed by atoms with van der Waals surface area (Å²) < 4.78 is 17.6. The zero-order chi connectivity index (χ0) is 27.1. The monoisotopic (exact) mass is 542 g/mol. The summed E-state index contributed by atoms with van der Waals surface area (Å²) >= 11 is 7.24. The first-order chi connectivity index (χ1) is 17.5. The number of benzene rings is 2. The van der Waals surface area contributed by atoms with Gasteiger partial charge in [0.25, 0.3) is 5.91 Å². The Bertz CT molecular complexity index is 1350. The fourth-order valence-corrected chi connectivity index (χ4v) is 6.52. The Kier molecular flexibility index (Phi) is 7.18. The number of thiophene rings is 1. The van der Waals surface area contributed by atoms with Gasteiger partial charge in [-0.05, 0) is 50.1 Å². The van der Waals surface area contributed by atoms with Crippen LogP contribution in [0.3, 0.4) is 0 Å². The molecule has 4 rings (SSSR count). The number of ether oxygens (including phenoxy) is 3. The SMILES string of the molecule is COc1ccc(C2(C)CC(C)(C)N(C(C)=O)c3cc(OC)c(NC(=O)c4ccc(Cl)s4)c(OC)c32)cc1. The van der Waals surface area contributed by atoms with Gasteiger partial charge in [-0.15, -0.1) is 11.3 Å². The van der Waals surface area contributed by atoms with Gasteiger partial charge in [0, 0.05) is 29.5 Å². The quantitative estimate of drug-likeness (QED) is 0.383. The molecule has 0 fully saturated rings. The number of anilines is 2. The average molecular weight is 543 g/mol. The highest BCUT2D eigenvalue weighted by Crippen LogP contribution is 2.57. The molecule has 1 aliphatic rings. The van der Waals surface area contributed by atoms with Crippen molar-refractivity contribution in [1.29, 1.82) is 0 Å². The summed E-state index contributed by atoms with van der Waals surface area (Å²) in [4.78, 5) is 28.4. The van der Waals surface area contributed by atoms with E-state index < -0.39 is 11.0 Å². The third-order valence-corrected chi connectivity index (χ3v) is 8.14. The van der Waals surface area contributed by atoms with Crippen molar-refractivity contribution < 1.29 is 23.8 Å². The van der Waals surface area contributed by atoms with Crippen molar-refractivity contribution >= 4 is 46.1 Å². The molecule has 2 aromatic carbocycles. The lowest BCUT2D eigenvalue weighted by Crippen LogP contribution is -2.55. The summed E-state index contributed by atoms with van der Waals surface area (Å²) in [7, 11) is 4.71. The van der Waals surface area contributed by atoms with Crippen LogP contribution in [0.4, 0.5) is 11.4 Å². The fraction of sp³-hybridized carbons (Fsp3) is 0.357. The van der Waals surface area contributed by atoms with Gasteiger partial charge >= 0.3 is 0 Å². The molecule has 3 aromatic rings. The van der Waals surface area contributed by atoms with Crippen LogP contribution in [-0.4, -0.2) is 38.7 Å². The van der Waals surface area contributed by atoms with Crippen molar-refractivity contribution in [1.82, 2.24) is 0 Å². The fourth-order valence-electron chi connectivity index (χ4n) is 5.59. The smallest absolute Gasteiger partial charge is 0.265 e. The molecule has 1 aromatic heterocycles. The second-order valence-corrected chi connectivity index (χ2v) is 11.6. The number of halogens is 1. The normalized spacial score (nSPS) is 18.1. The second kappa shape index (κ2) is 9.91. The Balaban J connectivity index is 2.01. The minimum atomic E-state index is -0.583. The molecule has 0 spiro atoms. The molecule has 0 saturated carbocycles. The molecule has 1 unspecified atom stereocenters. The minimum absolute atomic E-state index is 0.0999. The second-order valence-electron chi connectivity index (χ2n) is 9.84. The number of fused-ring (bicyclic) bond motifs is 1. The molecule has 0 bridgehead atoms. The Morgan fingerprint density at radius 2 is 1.68 bits per heavy atom. The van der Waals surface area contributed by atoms with Gasteiger partial charge in [0.15, 0.2) is 5.75 Å². The van der Waals surface area contributed by atoms with Crippen molar-refractivity contribution in [2.45, 2.75) is 45.1 Å². The Morgan fingerprint density at radius 1 is 1.00 bits per heavy atom.